The van der Waals surface area contributed by atoms with Crippen LogP contribution in [-0.4, -0.2) is 17.0 Å². The Kier molecular flexibility index (Phi) is 3.27. The molecule has 1 aliphatic carbocycles. The van der Waals surface area contributed by atoms with Gasteiger partial charge in [0.05, 0.1) is 11.3 Å². The van der Waals surface area contributed by atoms with E-state index < -0.39 is 23.2 Å². The average molecular weight is 255 g/mol. The molecule has 0 unspecified atom stereocenters. The SMILES string of the molecule is O=C(O)c1cc(F)c(F)cc1NC(=O)C1CCC1. The van der Waals surface area contributed by atoms with Gasteiger partial charge in [-0.05, 0) is 18.9 Å². The molecule has 1 amide bonds. The average Bonchev–Trinajstić information content (AvgIpc) is 2.19. The zero-order chi connectivity index (χ0) is 13.3. The molecule has 0 aromatic heterocycles. The summed E-state index contributed by atoms with van der Waals surface area (Å²) in [6.45, 7) is 0. The van der Waals surface area contributed by atoms with E-state index in [4.69, 9.17) is 5.11 Å². The Morgan fingerprint density at radius 3 is 2.33 bits per heavy atom. The molecule has 0 aliphatic heterocycles. The van der Waals surface area contributed by atoms with Crippen LogP contribution in [0.25, 0.3) is 0 Å². The number of hydrogen-bond acceptors (Lipinski definition) is 2. The summed E-state index contributed by atoms with van der Waals surface area (Å²) in [4.78, 5) is 22.5. The van der Waals surface area contributed by atoms with E-state index in [1.54, 1.807) is 0 Å². The molecule has 1 fully saturated rings. The highest BCUT2D eigenvalue weighted by molar-refractivity contribution is 6.01. The Morgan fingerprint density at radius 1 is 1.22 bits per heavy atom. The summed E-state index contributed by atoms with van der Waals surface area (Å²) in [5, 5.41) is 11.2. The van der Waals surface area contributed by atoms with Gasteiger partial charge in [0.2, 0.25) is 5.91 Å². The summed E-state index contributed by atoms with van der Waals surface area (Å²) in [6, 6.07) is 1.25. The minimum atomic E-state index is -1.42. The molecule has 2 rings (SSSR count). The van der Waals surface area contributed by atoms with E-state index in [1.165, 1.54) is 0 Å². The zero-order valence-corrected chi connectivity index (χ0v) is 9.37. The van der Waals surface area contributed by atoms with Crippen LogP contribution in [0.1, 0.15) is 29.6 Å². The maximum absolute atomic E-state index is 13.1. The predicted molar refractivity (Wildman–Crippen MR) is 59.3 cm³/mol. The summed E-state index contributed by atoms with van der Waals surface area (Å²) in [5.74, 6) is -4.38. The van der Waals surface area contributed by atoms with Crippen LogP contribution in [0.15, 0.2) is 12.1 Å². The van der Waals surface area contributed by atoms with Crippen molar-refractivity contribution in [3.05, 3.63) is 29.3 Å². The number of hydrogen-bond donors (Lipinski definition) is 2. The van der Waals surface area contributed by atoms with Crippen molar-refractivity contribution in [2.24, 2.45) is 5.92 Å². The number of carboxylic acids is 1. The Labute approximate surface area is 102 Å². The van der Waals surface area contributed by atoms with Gasteiger partial charge in [-0.25, -0.2) is 13.6 Å². The van der Waals surface area contributed by atoms with Gasteiger partial charge in [-0.3, -0.25) is 4.79 Å². The first-order chi connectivity index (χ1) is 8.49. The van der Waals surface area contributed by atoms with Crippen LogP contribution in [0.2, 0.25) is 0 Å². The lowest BCUT2D eigenvalue weighted by atomic mass is 9.85. The van der Waals surface area contributed by atoms with Crippen LogP contribution in [0.3, 0.4) is 0 Å². The maximum Gasteiger partial charge on any atom is 0.337 e. The molecule has 0 heterocycles. The van der Waals surface area contributed by atoms with Crippen molar-refractivity contribution in [3.63, 3.8) is 0 Å². The van der Waals surface area contributed by atoms with Crippen LogP contribution in [0.4, 0.5) is 14.5 Å². The van der Waals surface area contributed by atoms with Crippen molar-refractivity contribution in [2.45, 2.75) is 19.3 Å². The molecule has 2 N–H and O–H groups in total. The topological polar surface area (TPSA) is 66.4 Å². The standard InChI is InChI=1S/C12H11F2NO3/c13-8-4-7(12(17)18)10(5-9(8)14)15-11(16)6-2-1-3-6/h4-6H,1-3H2,(H,15,16)(H,17,18). The minimum Gasteiger partial charge on any atom is -0.478 e. The zero-order valence-electron chi connectivity index (χ0n) is 9.37. The second-order valence-electron chi connectivity index (χ2n) is 4.23. The van der Waals surface area contributed by atoms with Gasteiger partial charge < -0.3 is 10.4 Å². The summed E-state index contributed by atoms with van der Waals surface area (Å²) in [5.41, 5.74) is -0.667. The molecule has 18 heavy (non-hydrogen) atoms. The Morgan fingerprint density at radius 2 is 1.83 bits per heavy atom. The van der Waals surface area contributed by atoms with Crippen molar-refractivity contribution < 1.29 is 23.5 Å². The number of benzene rings is 1. The third-order valence-corrected chi connectivity index (χ3v) is 3.02. The fourth-order valence-electron chi connectivity index (χ4n) is 1.73. The minimum absolute atomic E-state index is 0.167. The van der Waals surface area contributed by atoms with E-state index in [-0.39, 0.29) is 17.5 Å². The van der Waals surface area contributed by atoms with Crippen molar-refractivity contribution in [1.82, 2.24) is 0 Å². The van der Waals surface area contributed by atoms with Crippen LogP contribution in [0, 0.1) is 17.6 Å². The van der Waals surface area contributed by atoms with E-state index in [0.717, 1.165) is 19.3 Å². The van der Waals surface area contributed by atoms with Crippen molar-refractivity contribution in [3.8, 4) is 0 Å². The number of carbonyl (C=O) groups is 2. The third kappa shape index (κ3) is 2.32. The van der Waals surface area contributed by atoms with E-state index in [9.17, 15) is 18.4 Å². The molecule has 0 radical (unpaired) electrons. The molecule has 0 atom stereocenters. The van der Waals surface area contributed by atoms with Gasteiger partial charge in [0.25, 0.3) is 0 Å². The smallest absolute Gasteiger partial charge is 0.337 e. The molecule has 1 saturated carbocycles. The highest BCUT2D eigenvalue weighted by atomic mass is 19.2. The predicted octanol–water partition coefficient (Wildman–Crippen LogP) is 2.40. The van der Waals surface area contributed by atoms with Gasteiger partial charge in [-0.15, -0.1) is 0 Å². The van der Waals surface area contributed by atoms with Crippen molar-refractivity contribution in [1.29, 1.82) is 0 Å². The largest absolute Gasteiger partial charge is 0.478 e. The van der Waals surface area contributed by atoms with Gasteiger partial charge in [0.15, 0.2) is 11.6 Å². The molecular weight excluding hydrogens is 244 g/mol. The van der Waals surface area contributed by atoms with Gasteiger partial charge in [0, 0.05) is 12.0 Å². The molecule has 4 nitrogen and oxygen atoms in total. The number of halogens is 2. The number of carbonyl (C=O) groups excluding carboxylic acids is 1. The van der Waals surface area contributed by atoms with Crippen LogP contribution in [0.5, 0.6) is 0 Å². The fraction of sp³-hybridized carbons (Fsp3) is 0.333. The highest BCUT2D eigenvalue weighted by Gasteiger charge is 2.26. The summed E-state index contributed by atoms with van der Waals surface area (Å²) in [6.07, 6.45) is 2.41. The third-order valence-electron chi connectivity index (χ3n) is 3.02. The first-order valence-electron chi connectivity index (χ1n) is 5.52. The van der Waals surface area contributed by atoms with E-state index >= 15 is 0 Å². The quantitative estimate of drug-likeness (QED) is 0.871. The lowest BCUT2D eigenvalue weighted by Crippen LogP contribution is -2.28. The molecule has 96 valence electrons. The Hall–Kier alpha value is -1.98. The summed E-state index contributed by atoms with van der Waals surface area (Å²) < 4.78 is 26.0. The van der Waals surface area contributed by atoms with Gasteiger partial charge in [-0.1, -0.05) is 6.42 Å². The highest BCUT2D eigenvalue weighted by Crippen LogP contribution is 2.28. The van der Waals surface area contributed by atoms with E-state index in [1.807, 2.05) is 0 Å². The number of nitrogens with one attached hydrogen (secondary N) is 1. The second-order valence-corrected chi connectivity index (χ2v) is 4.23. The Balaban J connectivity index is 2.27. The van der Waals surface area contributed by atoms with E-state index in [0.29, 0.717) is 12.1 Å². The Bertz CT molecular complexity index is 512. The first kappa shape index (κ1) is 12.5. The molecule has 1 aromatic carbocycles. The van der Waals surface area contributed by atoms with Crippen LogP contribution in [-0.2, 0) is 4.79 Å². The van der Waals surface area contributed by atoms with E-state index in [2.05, 4.69) is 5.32 Å². The maximum atomic E-state index is 13.1. The monoisotopic (exact) mass is 255 g/mol. The molecule has 0 saturated heterocycles. The lowest BCUT2D eigenvalue weighted by molar-refractivity contribution is -0.122. The first-order valence-corrected chi connectivity index (χ1v) is 5.52. The number of carboxylic acid groups (broad SMARTS) is 1. The fourth-order valence-corrected chi connectivity index (χ4v) is 1.73. The van der Waals surface area contributed by atoms with Gasteiger partial charge in [-0.2, -0.15) is 0 Å². The number of anilines is 1. The summed E-state index contributed by atoms with van der Waals surface area (Å²) >= 11 is 0. The molecular formula is C12H11F2NO3. The van der Waals surface area contributed by atoms with Crippen molar-refractivity contribution in [2.75, 3.05) is 5.32 Å². The van der Waals surface area contributed by atoms with Gasteiger partial charge >= 0.3 is 5.97 Å². The second kappa shape index (κ2) is 4.72. The number of amides is 1. The molecule has 0 bridgehead atoms. The van der Waals surface area contributed by atoms with Crippen LogP contribution >= 0.6 is 0 Å². The molecule has 1 aromatic rings. The molecule has 6 heteroatoms. The normalized spacial score (nSPS) is 15.0. The van der Waals surface area contributed by atoms with Crippen molar-refractivity contribution >= 4 is 17.6 Å². The molecule has 1 aliphatic rings. The molecule has 0 spiro atoms. The van der Waals surface area contributed by atoms with Gasteiger partial charge in [0.1, 0.15) is 0 Å². The number of rotatable bonds is 3. The lowest BCUT2D eigenvalue weighted by Gasteiger charge is -2.24. The number of aromatic carboxylic acids is 1. The van der Waals surface area contributed by atoms with Crippen LogP contribution < -0.4 is 5.32 Å². The summed E-state index contributed by atoms with van der Waals surface area (Å²) in [7, 11) is 0.